The Balaban J connectivity index is 1.19. The zero-order chi connectivity index (χ0) is 23.8. The van der Waals surface area contributed by atoms with Crippen LogP contribution >= 0.6 is 11.3 Å². The first-order valence-electron chi connectivity index (χ1n) is 12.0. The van der Waals surface area contributed by atoms with Crippen LogP contribution in [0, 0.1) is 32.6 Å². The average Bonchev–Trinajstić information content (AvgIpc) is 3.52. The van der Waals surface area contributed by atoms with E-state index in [1.165, 1.54) is 5.56 Å². The van der Waals surface area contributed by atoms with Crippen LogP contribution in [0.2, 0.25) is 0 Å². The minimum Gasteiger partial charge on any atom is -0.338 e. The Kier molecular flexibility index (Phi) is 6.46. The van der Waals surface area contributed by atoms with Crippen LogP contribution in [0.15, 0.2) is 35.7 Å². The van der Waals surface area contributed by atoms with Crippen molar-refractivity contribution in [3.63, 3.8) is 0 Å². The molecule has 0 spiro atoms. The van der Waals surface area contributed by atoms with E-state index in [4.69, 9.17) is 5.73 Å². The van der Waals surface area contributed by atoms with Gasteiger partial charge in [0.25, 0.3) is 5.91 Å². The van der Waals surface area contributed by atoms with Crippen molar-refractivity contribution in [3.8, 4) is 11.5 Å². The second-order valence-electron chi connectivity index (χ2n) is 9.64. The normalized spacial score (nSPS) is 21.1. The molecule has 3 aromatic rings. The first kappa shape index (κ1) is 23.1. The number of carbonyl (C=O) groups is 1. The monoisotopic (exact) mass is 476 g/mol. The Morgan fingerprint density at radius 1 is 1.03 bits per heavy atom. The predicted octanol–water partition coefficient (Wildman–Crippen LogP) is 3.62. The van der Waals surface area contributed by atoms with Crippen molar-refractivity contribution in [2.75, 3.05) is 32.7 Å². The number of hydrogen-bond acceptors (Lipinski definition) is 7. The summed E-state index contributed by atoms with van der Waals surface area (Å²) in [7, 11) is 0. The molecular weight excluding hydrogens is 444 g/mol. The summed E-state index contributed by atoms with van der Waals surface area (Å²) >= 11 is 1.58. The third-order valence-electron chi connectivity index (χ3n) is 7.17. The van der Waals surface area contributed by atoms with Gasteiger partial charge in [-0.2, -0.15) is 0 Å². The van der Waals surface area contributed by atoms with E-state index in [1.54, 1.807) is 11.3 Å². The minimum atomic E-state index is 0.0584. The zero-order valence-corrected chi connectivity index (χ0v) is 20.9. The highest BCUT2D eigenvalue weighted by molar-refractivity contribution is 7.09. The van der Waals surface area contributed by atoms with E-state index in [2.05, 4.69) is 32.0 Å². The number of aromatic nitrogens is 3. The Labute approximate surface area is 205 Å². The molecule has 1 aromatic carbocycles. The van der Waals surface area contributed by atoms with Crippen LogP contribution < -0.4 is 5.73 Å². The van der Waals surface area contributed by atoms with Crippen LogP contribution in [0.1, 0.15) is 44.8 Å². The van der Waals surface area contributed by atoms with Gasteiger partial charge in [0.1, 0.15) is 5.69 Å². The van der Waals surface area contributed by atoms with Crippen molar-refractivity contribution in [1.82, 2.24) is 24.8 Å². The van der Waals surface area contributed by atoms with E-state index in [0.717, 1.165) is 61.2 Å². The topological polar surface area (TPSA) is 88.2 Å². The van der Waals surface area contributed by atoms with Crippen molar-refractivity contribution in [1.29, 1.82) is 0 Å². The summed E-state index contributed by atoms with van der Waals surface area (Å²) in [5.74, 6) is 1.70. The SMILES string of the molecule is Cc1nc(-c2nc(C)c(C(=O)N3CC4CN(CC[C@H](N)c5ccccc5)CC4C3)c(C)n2)cs1. The van der Waals surface area contributed by atoms with E-state index in [0.29, 0.717) is 23.2 Å². The molecule has 2 saturated heterocycles. The van der Waals surface area contributed by atoms with Crippen molar-refractivity contribution >= 4 is 17.2 Å². The first-order valence-corrected chi connectivity index (χ1v) is 12.9. The van der Waals surface area contributed by atoms with Crippen LogP contribution in [-0.2, 0) is 0 Å². The van der Waals surface area contributed by atoms with Crippen LogP contribution in [0.4, 0.5) is 0 Å². The fraction of sp³-hybridized carbons (Fsp3) is 0.462. The van der Waals surface area contributed by atoms with Gasteiger partial charge in [-0.1, -0.05) is 30.3 Å². The molecule has 2 N–H and O–H groups in total. The lowest BCUT2D eigenvalue weighted by Crippen LogP contribution is -2.35. The van der Waals surface area contributed by atoms with Gasteiger partial charge in [-0.3, -0.25) is 4.79 Å². The number of nitrogens with zero attached hydrogens (tertiary/aromatic N) is 5. The first-order chi connectivity index (χ1) is 16.4. The summed E-state index contributed by atoms with van der Waals surface area (Å²) in [6.07, 6.45) is 0.951. The molecule has 3 atom stereocenters. The average molecular weight is 477 g/mol. The molecule has 5 rings (SSSR count). The largest absolute Gasteiger partial charge is 0.338 e. The molecule has 2 unspecified atom stereocenters. The Bertz CT molecular complexity index is 1140. The molecule has 0 aliphatic carbocycles. The summed E-state index contributed by atoms with van der Waals surface area (Å²) in [5, 5.41) is 2.94. The van der Waals surface area contributed by atoms with E-state index >= 15 is 0 Å². The lowest BCUT2D eigenvalue weighted by atomic mass is 10.0. The second-order valence-corrected chi connectivity index (χ2v) is 10.7. The van der Waals surface area contributed by atoms with Crippen molar-refractivity contribution in [3.05, 3.63) is 63.2 Å². The predicted molar refractivity (Wildman–Crippen MR) is 135 cm³/mol. The lowest BCUT2D eigenvalue weighted by Gasteiger charge is -2.23. The Morgan fingerprint density at radius 3 is 2.26 bits per heavy atom. The number of fused-ring (bicyclic) bond motifs is 1. The minimum absolute atomic E-state index is 0.0584. The van der Waals surface area contributed by atoms with Gasteiger partial charge in [-0.05, 0) is 51.1 Å². The highest BCUT2D eigenvalue weighted by atomic mass is 32.1. The summed E-state index contributed by atoms with van der Waals surface area (Å²) in [6.45, 7) is 10.4. The molecule has 4 heterocycles. The Hall–Kier alpha value is -2.68. The molecule has 0 bridgehead atoms. The molecular formula is C26H32N6OS. The molecule has 0 saturated carbocycles. The molecule has 0 radical (unpaired) electrons. The molecule has 178 valence electrons. The van der Waals surface area contributed by atoms with Gasteiger partial charge in [0.15, 0.2) is 5.82 Å². The van der Waals surface area contributed by atoms with Gasteiger partial charge in [0.2, 0.25) is 0 Å². The third-order valence-corrected chi connectivity index (χ3v) is 7.94. The van der Waals surface area contributed by atoms with Crippen LogP contribution in [0.5, 0.6) is 0 Å². The lowest BCUT2D eigenvalue weighted by molar-refractivity contribution is 0.0771. The number of likely N-dealkylation sites (tertiary alicyclic amines) is 2. The van der Waals surface area contributed by atoms with E-state index < -0.39 is 0 Å². The number of hydrogen-bond donors (Lipinski definition) is 1. The zero-order valence-electron chi connectivity index (χ0n) is 20.1. The summed E-state index contributed by atoms with van der Waals surface area (Å²) in [6, 6.07) is 10.4. The molecule has 2 aliphatic heterocycles. The van der Waals surface area contributed by atoms with Gasteiger partial charge in [-0.15, -0.1) is 11.3 Å². The maximum Gasteiger partial charge on any atom is 0.257 e. The highest BCUT2D eigenvalue weighted by Gasteiger charge is 2.42. The molecule has 34 heavy (non-hydrogen) atoms. The van der Waals surface area contributed by atoms with Crippen molar-refractivity contribution in [2.24, 2.45) is 17.6 Å². The summed E-state index contributed by atoms with van der Waals surface area (Å²) < 4.78 is 0. The van der Waals surface area contributed by atoms with Gasteiger partial charge >= 0.3 is 0 Å². The van der Waals surface area contributed by atoms with Gasteiger partial charge in [0, 0.05) is 37.6 Å². The van der Waals surface area contributed by atoms with Crippen LogP contribution in [0.25, 0.3) is 11.5 Å². The highest BCUT2D eigenvalue weighted by Crippen LogP contribution is 2.33. The van der Waals surface area contributed by atoms with Crippen LogP contribution in [-0.4, -0.2) is 63.4 Å². The van der Waals surface area contributed by atoms with E-state index in [1.807, 2.05) is 49.3 Å². The second kappa shape index (κ2) is 9.52. The number of thiazole rings is 1. The van der Waals surface area contributed by atoms with Crippen molar-refractivity contribution in [2.45, 2.75) is 33.2 Å². The van der Waals surface area contributed by atoms with E-state index in [9.17, 15) is 4.79 Å². The summed E-state index contributed by atoms with van der Waals surface area (Å²) in [4.78, 5) is 31.7. The molecule has 2 aromatic heterocycles. The molecule has 2 aliphatic rings. The number of rotatable bonds is 6. The molecule has 8 heteroatoms. The van der Waals surface area contributed by atoms with E-state index in [-0.39, 0.29) is 11.9 Å². The Morgan fingerprint density at radius 2 is 1.68 bits per heavy atom. The number of carbonyl (C=O) groups excluding carboxylic acids is 1. The van der Waals surface area contributed by atoms with Gasteiger partial charge in [-0.25, -0.2) is 15.0 Å². The third kappa shape index (κ3) is 4.62. The maximum absolute atomic E-state index is 13.4. The molecule has 2 fully saturated rings. The fourth-order valence-corrected chi connectivity index (χ4v) is 5.98. The number of aryl methyl sites for hydroxylation is 3. The van der Waals surface area contributed by atoms with Crippen LogP contribution in [0.3, 0.4) is 0 Å². The number of amides is 1. The van der Waals surface area contributed by atoms with Gasteiger partial charge in [0.05, 0.1) is 22.0 Å². The number of benzene rings is 1. The molecule has 7 nitrogen and oxygen atoms in total. The smallest absolute Gasteiger partial charge is 0.257 e. The van der Waals surface area contributed by atoms with Crippen molar-refractivity contribution < 1.29 is 4.79 Å². The summed E-state index contributed by atoms with van der Waals surface area (Å²) in [5.41, 5.74) is 10.5. The molecule has 1 amide bonds. The quantitative estimate of drug-likeness (QED) is 0.585. The standard InChI is InChI=1S/C26H32N6OS/c1-16-24(17(2)29-25(28-16)23-15-34-18(3)30-23)26(33)32-13-20-11-31(12-21(20)14-32)10-9-22(27)19-7-5-4-6-8-19/h4-8,15,20-22H,9-14,27H2,1-3H3/t20?,21?,22-/m0/s1. The fourth-order valence-electron chi connectivity index (χ4n) is 5.39. The van der Waals surface area contributed by atoms with Gasteiger partial charge < -0.3 is 15.5 Å². The number of nitrogens with two attached hydrogens (primary N) is 1. The maximum atomic E-state index is 13.4.